The number of fused-ring (bicyclic) bond motifs is 1. The van der Waals surface area contributed by atoms with Crippen LogP contribution >= 0.6 is 0 Å². The molecule has 0 unspecified atom stereocenters. The van der Waals surface area contributed by atoms with Crippen molar-refractivity contribution in [1.82, 2.24) is 4.57 Å². The number of carboxylic acids is 1. The van der Waals surface area contributed by atoms with E-state index in [0.29, 0.717) is 5.56 Å². The molecule has 0 bridgehead atoms. The van der Waals surface area contributed by atoms with Gasteiger partial charge in [0.25, 0.3) is 0 Å². The van der Waals surface area contributed by atoms with Crippen molar-refractivity contribution in [3.05, 3.63) is 35.0 Å². The highest BCUT2D eigenvalue weighted by Crippen LogP contribution is 2.28. The fourth-order valence-corrected chi connectivity index (χ4v) is 2.66. The van der Waals surface area contributed by atoms with E-state index in [2.05, 4.69) is 30.7 Å². The predicted molar refractivity (Wildman–Crippen MR) is 77.9 cm³/mol. The van der Waals surface area contributed by atoms with Crippen molar-refractivity contribution in [3.63, 3.8) is 0 Å². The maximum Gasteiger partial charge on any atom is 0.338 e. The zero-order valence-corrected chi connectivity index (χ0v) is 11.9. The highest BCUT2D eigenvalue weighted by Gasteiger charge is 2.17. The van der Waals surface area contributed by atoms with Crippen LogP contribution < -0.4 is 0 Å². The molecule has 1 heterocycles. The summed E-state index contributed by atoms with van der Waals surface area (Å²) >= 11 is 0. The SMILES string of the molecule is CCCCc1cn(CC)c2c(C(=O)O)c(C)ccc12. The van der Waals surface area contributed by atoms with Crippen LogP contribution in [0.1, 0.15) is 48.2 Å². The average Bonchev–Trinajstić information content (AvgIpc) is 2.73. The van der Waals surface area contributed by atoms with Crippen molar-refractivity contribution in [2.45, 2.75) is 46.6 Å². The Bertz CT molecular complexity index is 611. The van der Waals surface area contributed by atoms with Gasteiger partial charge >= 0.3 is 5.97 Å². The third kappa shape index (κ3) is 2.37. The number of carbonyl (C=O) groups is 1. The summed E-state index contributed by atoms with van der Waals surface area (Å²) in [7, 11) is 0. The van der Waals surface area contributed by atoms with Gasteiger partial charge in [0.15, 0.2) is 0 Å². The summed E-state index contributed by atoms with van der Waals surface area (Å²) in [4.78, 5) is 11.5. The van der Waals surface area contributed by atoms with E-state index in [1.54, 1.807) is 0 Å². The monoisotopic (exact) mass is 259 g/mol. The van der Waals surface area contributed by atoms with E-state index in [1.807, 2.05) is 13.0 Å². The molecular weight excluding hydrogens is 238 g/mol. The lowest BCUT2D eigenvalue weighted by atomic mass is 10.0. The summed E-state index contributed by atoms with van der Waals surface area (Å²) in [6.45, 7) is 6.89. The summed E-state index contributed by atoms with van der Waals surface area (Å²) in [5.41, 5.74) is 3.42. The van der Waals surface area contributed by atoms with Gasteiger partial charge in [-0.25, -0.2) is 4.79 Å². The number of rotatable bonds is 5. The second kappa shape index (κ2) is 5.47. The molecule has 1 aromatic heterocycles. The number of aromatic carboxylic acids is 1. The van der Waals surface area contributed by atoms with Crippen molar-refractivity contribution in [2.24, 2.45) is 0 Å². The van der Waals surface area contributed by atoms with Gasteiger partial charge < -0.3 is 9.67 Å². The van der Waals surface area contributed by atoms with Crippen molar-refractivity contribution in [1.29, 1.82) is 0 Å². The van der Waals surface area contributed by atoms with Crippen LogP contribution in [-0.4, -0.2) is 15.6 Å². The second-order valence-electron chi connectivity index (χ2n) is 5.00. The number of unbranched alkanes of at least 4 members (excludes halogenated alkanes) is 1. The Labute approximate surface area is 113 Å². The summed E-state index contributed by atoms with van der Waals surface area (Å²) in [6, 6.07) is 3.98. The molecule has 19 heavy (non-hydrogen) atoms. The summed E-state index contributed by atoms with van der Waals surface area (Å²) in [5.74, 6) is -0.835. The molecule has 2 rings (SSSR count). The first-order valence-electron chi connectivity index (χ1n) is 6.94. The molecule has 0 saturated heterocycles. The molecule has 0 saturated carbocycles. The van der Waals surface area contributed by atoms with Gasteiger partial charge in [-0.1, -0.05) is 25.5 Å². The quantitative estimate of drug-likeness (QED) is 0.881. The number of hydrogen-bond donors (Lipinski definition) is 1. The molecule has 0 aliphatic heterocycles. The zero-order valence-electron chi connectivity index (χ0n) is 11.9. The molecule has 102 valence electrons. The Kier molecular flexibility index (Phi) is 3.93. The van der Waals surface area contributed by atoms with E-state index in [-0.39, 0.29) is 0 Å². The van der Waals surface area contributed by atoms with Crippen molar-refractivity contribution in [2.75, 3.05) is 0 Å². The Balaban J connectivity index is 2.71. The van der Waals surface area contributed by atoms with Gasteiger partial charge in [-0.15, -0.1) is 0 Å². The van der Waals surface area contributed by atoms with E-state index in [9.17, 15) is 9.90 Å². The predicted octanol–water partition coefficient (Wildman–Crippen LogP) is 4.01. The van der Waals surface area contributed by atoms with E-state index < -0.39 is 5.97 Å². The molecule has 3 heteroatoms. The minimum atomic E-state index is -0.835. The lowest BCUT2D eigenvalue weighted by Crippen LogP contribution is -2.04. The minimum Gasteiger partial charge on any atom is -0.478 e. The van der Waals surface area contributed by atoms with Crippen LogP contribution in [0.2, 0.25) is 0 Å². The second-order valence-corrected chi connectivity index (χ2v) is 5.00. The van der Waals surface area contributed by atoms with Crippen molar-refractivity contribution < 1.29 is 9.90 Å². The molecule has 0 fully saturated rings. The van der Waals surface area contributed by atoms with Crippen LogP contribution in [0.25, 0.3) is 10.9 Å². The topological polar surface area (TPSA) is 42.2 Å². The molecule has 1 aromatic carbocycles. The molecule has 0 amide bonds. The highest BCUT2D eigenvalue weighted by molar-refractivity contribution is 6.04. The lowest BCUT2D eigenvalue weighted by molar-refractivity contribution is 0.0698. The first-order valence-corrected chi connectivity index (χ1v) is 6.94. The first-order chi connectivity index (χ1) is 9.10. The van der Waals surface area contributed by atoms with E-state index in [0.717, 1.165) is 42.3 Å². The standard InChI is InChI=1S/C16H21NO2/c1-4-6-7-12-10-17(5-2)15-13(12)9-8-11(3)14(15)16(18)19/h8-10H,4-7H2,1-3H3,(H,18,19). The first kappa shape index (κ1) is 13.7. The molecule has 2 aromatic rings. The molecular formula is C16H21NO2. The molecule has 0 aliphatic rings. The Morgan fingerprint density at radius 1 is 1.32 bits per heavy atom. The lowest BCUT2D eigenvalue weighted by Gasteiger charge is -2.07. The van der Waals surface area contributed by atoms with Gasteiger partial charge in [-0.05, 0) is 37.8 Å². The maximum absolute atomic E-state index is 11.5. The average molecular weight is 259 g/mol. The number of benzene rings is 1. The smallest absolute Gasteiger partial charge is 0.338 e. The number of carboxylic acid groups (broad SMARTS) is 1. The van der Waals surface area contributed by atoms with Gasteiger partial charge in [0, 0.05) is 18.1 Å². The van der Waals surface area contributed by atoms with E-state index >= 15 is 0 Å². The van der Waals surface area contributed by atoms with Crippen LogP contribution in [0.3, 0.4) is 0 Å². The Morgan fingerprint density at radius 3 is 2.63 bits per heavy atom. The van der Waals surface area contributed by atoms with Crippen molar-refractivity contribution >= 4 is 16.9 Å². The van der Waals surface area contributed by atoms with Gasteiger partial charge in [-0.3, -0.25) is 0 Å². The van der Waals surface area contributed by atoms with Gasteiger partial charge in [0.2, 0.25) is 0 Å². The number of aryl methyl sites for hydroxylation is 3. The van der Waals surface area contributed by atoms with Crippen LogP contribution in [0.15, 0.2) is 18.3 Å². The Morgan fingerprint density at radius 2 is 2.05 bits per heavy atom. The van der Waals surface area contributed by atoms with Gasteiger partial charge in [-0.2, -0.15) is 0 Å². The molecule has 0 aliphatic carbocycles. The van der Waals surface area contributed by atoms with Crippen LogP contribution in [0.5, 0.6) is 0 Å². The number of hydrogen-bond acceptors (Lipinski definition) is 1. The molecule has 3 nitrogen and oxygen atoms in total. The normalized spacial score (nSPS) is 11.1. The van der Waals surface area contributed by atoms with Crippen LogP contribution in [0, 0.1) is 6.92 Å². The van der Waals surface area contributed by atoms with Crippen molar-refractivity contribution in [3.8, 4) is 0 Å². The zero-order chi connectivity index (χ0) is 14.0. The summed E-state index contributed by atoms with van der Waals surface area (Å²) in [5, 5.41) is 10.6. The van der Waals surface area contributed by atoms with Gasteiger partial charge in [0.05, 0.1) is 11.1 Å². The maximum atomic E-state index is 11.5. The molecule has 0 spiro atoms. The largest absolute Gasteiger partial charge is 0.478 e. The number of nitrogens with zero attached hydrogens (tertiary/aromatic N) is 1. The minimum absolute atomic E-state index is 0.446. The summed E-state index contributed by atoms with van der Waals surface area (Å²) in [6.07, 6.45) is 5.42. The third-order valence-electron chi connectivity index (χ3n) is 3.69. The number of aromatic nitrogens is 1. The third-order valence-corrected chi connectivity index (χ3v) is 3.69. The molecule has 0 radical (unpaired) electrons. The highest BCUT2D eigenvalue weighted by atomic mass is 16.4. The fraction of sp³-hybridized carbons (Fsp3) is 0.438. The van der Waals surface area contributed by atoms with E-state index in [1.165, 1.54) is 5.56 Å². The van der Waals surface area contributed by atoms with Crippen LogP contribution in [0.4, 0.5) is 0 Å². The molecule has 1 N–H and O–H groups in total. The van der Waals surface area contributed by atoms with Gasteiger partial charge in [0.1, 0.15) is 0 Å². The molecule has 0 atom stereocenters. The fourth-order valence-electron chi connectivity index (χ4n) is 2.66. The Hall–Kier alpha value is -1.77. The van der Waals surface area contributed by atoms with E-state index in [4.69, 9.17) is 0 Å². The summed E-state index contributed by atoms with van der Waals surface area (Å²) < 4.78 is 2.07. The van der Waals surface area contributed by atoms with Crippen LogP contribution in [-0.2, 0) is 13.0 Å².